The highest BCUT2D eigenvalue weighted by Crippen LogP contribution is 2.23. The van der Waals surface area contributed by atoms with E-state index in [0.29, 0.717) is 0 Å². The Morgan fingerprint density at radius 2 is 1.75 bits per heavy atom. The molecule has 0 radical (unpaired) electrons. The van der Waals surface area contributed by atoms with Crippen LogP contribution in [0.15, 0.2) is 18.2 Å². The van der Waals surface area contributed by atoms with Crippen molar-refractivity contribution in [2.75, 3.05) is 0 Å². The first-order valence-corrected chi connectivity index (χ1v) is 4.26. The van der Waals surface area contributed by atoms with Gasteiger partial charge in [-0.25, -0.2) is 0 Å². The first-order valence-electron chi connectivity index (χ1n) is 4.26. The van der Waals surface area contributed by atoms with Gasteiger partial charge in [-0.3, -0.25) is 0 Å². The van der Waals surface area contributed by atoms with Crippen LogP contribution < -0.4 is 10.2 Å². The fourth-order valence-electron chi connectivity index (χ4n) is 1.34. The Morgan fingerprint density at radius 3 is 2.12 bits per heavy atom. The summed E-state index contributed by atoms with van der Waals surface area (Å²) >= 11 is 0. The molecule has 6 nitrogen and oxygen atoms in total. The van der Waals surface area contributed by atoms with Crippen LogP contribution in [0.5, 0.6) is 0 Å². The maximum atomic E-state index is 10.8. The quantitative estimate of drug-likeness (QED) is 0.551. The maximum Gasteiger partial charge on any atom is 0.187 e. The topological polar surface area (TPSA) is 121 Å². The molecule has 16 heavy (non-hydrogen) atoms. The summed E-state index contributed by atoms with van der Waals surface area (Å²) in [4.78, 5) is 21.4. The third-order valence-corrected chi connectivity index (χ3v) is 2.00. The zero-order valence-electron chi connectivity index (χ0n) is 8.26. The van der Waals surface area contributed by atoms with Crippen molar-refractivity contribution in [2.45, 2.75) is 12.7 Å². The minimum absolute atomic E-state index is 0.464. The average molecular weight is 224 g/mol. The Kier molecular flexibility index (Phi) is 2.97. The molecule has 0 saturated carbocycles. The largest absolute Gasteiger partial charge is 0.545 e. The van der Waals surface area contributed by atoms with E-state index in [9.17, 15) is 30.0 Å². The number of aliphatic hydroxyl groups is 2. The lowest BCUT2D eigenvalue weighted by atomic mass is 9.96. The van der Waals surface area contributed by atoms with Gasteiger partial charge in [0.25, 0.3) is 0 Å². The van der Waals surface area contributed by atoms with Crippen molar-refractivity contribution in [3.05, 3.63) is 34.9 Å². The highest BCUT2D eigenvalue weighted by molar-refractivity contribution is 6.01. The zero-order chi connectivity index (χ0) is 12.5. The smallest absolute Gasteiger partial charge is 0.187 e. The molecular weight excluding hydrogens is 216 g/mol. The summed E-state index contributed by atoms with van der Waals surface area (Å²) in [6.07, 6.45) is 0. The molecule has 0 amide bonds. The standard InChI is InChI=1S/C10H10O6/c1-10(15,16)6-4-2-3-5(8(11)12)7(6)9(13)14/h2-4,15-16H,1H3,(H,11,12)(H,13,14)/p-2. The van der Waals surface area contributed by atoms with Gasteiger partial charge in [0.05, 0.1) is 11.9 Å². The van der Waals surface area contributed by atoms with Gasteiger partial charge in [0.1, 0.15) is 0 Å². The van der Waals surface area contributed by atoms with Crippen LogP contribution in [0.2, 0.25) is 0 Å². The van der Waals surface area contributed by atoms with E-state index in [1.54, 1.807) is 0 Å². The summed E-state index contributed by atoms with van der Waals surface area (Å²) in [6, 6.07) is 3.24. The van der Waals surface area contributed by atoms with E-state index in [1.165, 1.54) is 6.07 Å². The lowest BCUT2D eigenvalue weighted by Gasteiger charge is -2.23. The Bertz CT molecular complexity index is 443. The van der Waals surface area contributed by atoms with Gasteiger partial charge >= 0.3 is 0 Å². The zero-order valence-corrected chi connectivity index (χ0v) is 8.26. The third kappa shape index (κ3) is 2.18. The van der Waals surface area contributed by atoms with E-state index >= 15 is 0 Å². The summed E-state index contributed by atoms with van der Waals surface area (Å²) in [5.74, 6) is -6.02. The highest BCUT2D eigenvalue weighted by atomic mass is 16.5. The number of hydrogen-bond donors (Lipinski definition) is 2. The van der Waals surface area contributed by atoms with E-state index in [1.807, 2.05) is 0 Å². The molecule has 6 heteroatoms. The highest BCUT2D eigenvalue weighted by Gasteiger charge is 2.24. The number of hydrogen-bond acceptors (Lipinski definition) is 6. The van der Waals surface area contributed by atoms with Crippen LogP contribution in [-0.4, -0.2) is 22.2 Å². The first-order chi connectivity index (χ1) is 7.25. The van der Waals surface area contributed by atoms with Gasteiger partial charge in [-0.1, -0.05) is 18.2 Å². The molecule has 86 valence electrons. The van der Waals surface area contributed by atoms with Gasteiger partial charge in [0.15, 0.2) is 5.79 Å². The van der Waals surface area contributed by atoms with E-state index in [4.69, 9.17) is 0 Å². The van der Waals surface area contributed by atoms with Crippen molar-refractivity contribution < 1.29 is 30.0 Å². The Hall–Kier alpha value is -1.92. The summed E-state index contributed by atoms with van der Waals surface area (Å²) in [7, 11) is 0. The van der Waals surface area contributed by atoms with E-state index < -0.39 is 34.4 Å². The second-order valence-corrected chi connectivity index (χ2v) is 3.32. The third-order valence-electron chi connectivity index (χ3n) is 2.00. The van der Waals surface area contributed by atoms with Gasteiger partial charge in [-0.05, 0) is 6.92 Å². The molecule has 0 aliphatic carbocycles. The van der Waals surface area contributed by atoms with Crippen LogP contribution in [0.3, 0.4) is 0 Å². The molecule has 0 bridgehead atoms. The molecule has 0 aliphatic heterocycles. The summed E-state index contributed by atoms with van der Waals surface area (Å²) in [6.45, 7) is 0.911. The Labute approximate surface area is 90.4 Å². The second-order valence-electron chi connectivity index (χ2n) is 3.32. The monoisotopic (exact) mass is 224 g/mol. The molecule has 0 fully saturated rings. The van der Waals surface area contributed by atoms with E-state index in [0.717, 1.165) is 19.1 Å². The number of carboxylic acids is 2. The van der Waals surface area contributed by atoms with Crippen molar-refractivity contribution in [2.24, 2.45) is 0 Å². The molecule has 0 aromatic heterocycles. The van der Waals surface area contributed by atoms with E-state index in [2.05, 4.69) is 0 Å². The number of aromatic carboxylic acids is 2. The number of carbonyl (C=O) groups excluding carboxylic acids is 2. The summed E-state index contributed by atoms with van der Waals surface area (Å²) < 4.78 is 0. The van der Waals surface area contributed by atoms with E-state index in [-0.39, 0.29) is 0 Å². The first kappa shape index (κ1) is 12.2. The molecule has 0 aliphatic rings. The van der Waals surface area contributed by atoms with Crippen molar-refractivity contribution in [1.29, 1.82) is 0 Å². The van der Waals surface area contributed by atoms with Gasteiger partial charge in [-0.15, -0.1) is 0 Å². The van der Waals surface area contributed by atoms with Crippen molar-refractivity contribution in [1.82, 2.24) is 0 Å². The molecule has 0 heterocycles. The van der Waals surface area contributed by atoms with Crippen molar-refractivity contribution in [3.63, 3.8) is 0 Å². The fourth-order valence-corrected chi connectivity index (χ4v) is 1.34. The van der Waals surface area contributed by atoms with Crippen LogP contribution in [0.1, 0.15) is 33.2 Å². The lowest BCUT2D eigenvalue weighted by Crippen LogP contribution is -2.34. The molecule has 0 unspecified atom stereocenters. The summed E-state index contributed by atoms with van der Waals surface area (Å²) in [5.41, 5.74) is -1.92. The predicted octanol–water partition coefficient (Wildman–Crippen LogP) is -2.43. The molecule has 1 aromatic rings. The minimum atomic E-state index is -2.47. The predicted molar refractivity (Wildman–Crippen MR) is 46.9 cm³/mol. The Balaban J connectivity index is 3.58. The lowest BCUT2D eigenvalue weighted by molar-refractivity contribution is -0.260. The van der Waals surface area contributed by atoms with Crippen LogP contribution >= 0.6 is 0 Å². The molecule has 0 saturated heterocycles. The second kappa shape index (κ2) is 3.92. The molecule has 1 rings (SSSR count). The Morgan fingerprint density at radius 1 is 1.19 bits per heavy atom. The van der Waals surface area contributed by atoms with Crippen LogP contribution in [0.25, 0.3) is 0 Å². The molecule has 2 N–H and O–H groups in total. The number of benzene rings is 1. The van der Waals surface area contributed by atoms with Crippen LogP contribution in [0, 0.1) is 0 Å². The van der Waals surface area contributed by atoms with Crippen LogP contribution in [-0.2, 0) is 5.79 Å². The average Bonchev–Trinajstić information content (AvgIpc) is 2.14. The number of carboxylic acid groups (broad SMARTS) is 2. The van der Waals surface area contributed by atoms with Crippen molar-refractivity contribution >= 4 is 11.9 Å². The normalized spacial score (nSPS) is 11.2. The van der Waals surface area contributed by atoms with Gasteiger partial charge < -0.3 is 30.0 Å². The van der Waals surface area contributed by atoms with Gasteiger partial charge in [0, 0.05) is 16.7 Å². The molecule has 0 spiro atoms. The summed E-state index contributed by atoms with van der Waals surface area (Å²) in [5, 5.41) is 40.0. The maximum absolute atomic E-state index is 10.8. The molecule has 0 atom stereocenters. The fraction of sp³-hybridized carbons (Fsp3) is 0.200. The van der Waals surface area contributed by atoms with Crippen molar-refractivity contribution in [3.8, 4) is 0 Å². The minimum Gasteiger partial charge on any atom is -0.545 e. The molecular formula is C10H8O6-2. The number of carbonyl (C=O) groups is 2. The SMILES string of the molecule is CC(O)(O)c1cccc(C(=O)[O-])c1C(=O)[O-]. The van der Waals surface area contributed by atoms with Gasteiger partial charge in [-0.2, -0.15) is 0 Å². The number of rotatable bonds is 3. The van der Waals surface area contributed by atoms with Crippen LogP contribution in [0.4, 0.5) is 0 Å². The molecule has 1 aromatic carbocycles. The van der Waals surface area contributed by atoms with Gasteiger partial charge in [0.2, 0.25) is 0 Å².